The lowest BCUT2D eigenvalue weighted by Gasteiger charge is -1.93. The van der Waals surface area contributed by atoms with Crippen LogP contribution in [0.2, 0.25) is 0 Å². The number of anilines is 1. The molecule has 0 aliphatic carbocycles. The summed E-state index contributed by atoms with van der Waals surface area (Å²) < 4.78 is 3.73. The molecule has 0 spiro atoms. The van der Waals surface area contributed by atoms with Gasteiger partial charge < -0.3 is 10.2 Å². The van der Waals surface area contributed by atoms with E-state index in [1.165, 1.54) is 7.11 Å². The SMILES string of the molecule is CON=C(C([NH])=O)c1nsc(NC=O)n1. The minimum Gasteiger partial charge on any atom is -0.398 e. The van der Waals surface area contributed by atoms with Gasteiger partial charge in [0, 0.05) is 11.5 Å². The third kappa shape index (κ3) is 2.71. The Labute approximate surface area is 88.3 Å². The molecule has 2 N–H and O–H groups in total. The van der Waals surface area contributed by atoms with E-state index in [-0.39, 0.29) is 16.7 Å². The molecule has 1 heterocycles. The van der Waals surface area contributed by atoms with Crippen LogP contribution in [0.1, 0.15) is 5.82 Å². The van der Waals surface area contributed by atoms with Gasteiger partial charge in [0.05, 0.1) is 0 Å². The predicted molar refractivity (Wildman–Crippen MR) is 51.2 cm³/mol. The van der Waals surface area contributed by atoms with E-state index in [4.69, 9.17) is 5.73 Å². The molecule has 9 heteroatoms. The fourth-order valence-corrected chi connectivity index (χ4v) is 1.23. The molecule has 1 aromatic rings. The smallest absolute Gasteiger partial charge is 0.295 e. The van der Waals surface area contributed by atoms with E-state index < -0.39 is 5.91 Å². The molecule has 0 saturated carbocycles. The Bertz CT molecular complexity index is 401. The van der Waals surface area contributed by atoms with E-state index >= 15 is 0 Å². The predicted octanol–water partition coefficient (Wildman–Crippen LogP) is -0.734. The maximum atomic E-state index is 10.8. The lowest BCUT2D eigenvalue weighted by Crippen LogP contribution is -2.18. The first-order valence-corrected chi connectivity index (χ1v) is 4.37. The molecule has 0 saturated heterocycles. The summed E-state index contributed by atoms with van der Waals surface area (Å²) in [6.45, 7) is 0. The summed E-state index contributed by atoms with van der Waals surface area (Å²) in [5.74, 6) is -1.11. The zero-order chi connectivity index (χ0) is 11.3. The minimum absolute atomic E-state index is 0.0498. The van der Waals surface area contributed by atoms with Crippen molar-refractivity contribution < 1.29 is 14.4 Å². The zero-order valence-electron chi connectivity index (χ0n) is 7.55. The molecule has 0 aliphatic heterocycles. The average Bonchev–Trinajstić information content (AvgIpc) is 2.62. The molecular formula is C6H6N5O3S. The van der Waals surface area contributed by atoms with Gasteiger partial charge in [0.15, 0.2) is 0 Å². The molecule has 15 heavy (non-hydrogen) atoms. The highest BCUT2D eigenvalue weighted by molar-refractivity contribution is 7.10. The zero-order valence-corrected chi connectivity index (χ0v) is 8.37. The van der Waals surface area contributed by atoms with E-state index in [2.05, 4.69) is 24.7 Å². The van der Waals surface area contributed by atoms with Crippen LogP contribution in [0.15, 0.2) is 5.16 Å². The van der Waals surface area contributed by atoms with Crippen LogP contribution in [0.4, 0.5) is 5.13 Å². The number of carbonyl (C=O) groups excluding carboxylic acids is 2. The van der Waals surface area contributed by atoms with E-state index in [0.717, 1.165) is 11.5 Å². The van der Waals surface area contributed by atoms with Gasteiger partial charge >= 0.3 is 0 Å². The highest BCUT2D eigenvalue weighted by Gasteiger charge is 2.17. The summed E-state index contributed by atoms with van der Waals surface area (Å²) in [5.41, 5.74) is 6.56. The van der Waals surface area contributed by atoms with Gasteiger partial charge in [0.1, 0.15) is 7.11 Å². The number of aromatic nitrogens is 2. The first-order chi connectivity index (χ1) is 7.19. The van der Waals surface area contributed by atoms with E-state index in [1.807, 2.05) is 0 Å². The molecule has 79 valence electrons. The van der Waals surface area contributed by atoms with Crippen molar-refractivity contribution >= 4 is 34.7 Å². The van der Waals surface area contributed by atoms with Gasteiger partial charge in [-0.05, 0) is 0 Å². The number of nitrogens with zero attached hydrogens (tertiary/aromatic N) is 3. The van der Waals surface area contributed by atoms with Crippen LogP contribution in [-0.2, 0) is 14.4 Å². The molecular weight excluding hydrogens is 222 g/mol. The molecule has 2 amide bonds. The van der Waals surface area contributed by atoms with Crippen molar-refractivity contribution in [2.75, 3.05) is 12.4 Å². The largest absolute Gasteiger partial charge is 0.398 e. The van der Waals surface area contributed by atoms with Crippen LogP contribution in [0.5, 0.6) is 0 Å². The molecule has 0 unspecified atom stereocenters. The molecule has 1 aromatic heterocycles. The second-order valence-corrected chi connectivity index (χ2v) is 2.89. The van der Waals surface area contributed by atoms with Crippen molar-refractivity contribution in [3.05, 3.63) is 5.82 Å². The normalized spacial score (nSPS) is 10.9. The number of carbonyl (C=O) groups is 2. The summed E-state index contributed by atoms with van der Waals surface area (Å²) in [5, 5.41) is 5.79. The van der Waals surface area contributed by atoms with E-state index in [1.54, 1.807) is 0 Å². The highest BCUT2D eigenvalue weighted by Crippen LogP contribution is 2.10. The number of hydrogen-bond donors (Lipinski definition) is 1. The standard InChI is InChI=1S/C6H6N5O3S/c1-14-10-3(4(7)13)5-9-6(8-2-12)15-11-5/h2,7H,1H3,(H,8,9,11,12). The number of amides is 2. The summed E-state index contributed by atoms with van der Waals surface area (Å²) in [6, 6.07) is 0. The van der Waals surface area contributed by atoms with Gasteiger partial charge in [0.25, 0.3) is 5.91 Å². The Kier molecular flexibility index (Phi) is 3.68. The Balaban J connectivity index is 2.97. The second kappa shape index (κ2) is 5.00. The number of hydrogen-bond acceptors (Lipinski definition) is 7. The molecule has 0 fully saturated rings. The van der Waals surface area contributed by atoms with Crippen molar-refractivity contribution in [1.82, 2.24) is 15.1 Å². The Morgan fingerprint density at radius 1 is 1.73 bits per heavy atom. The summed E-state index contributed by atoms with van der Waals surface area (Å²) in [7, 11) is 1.24. The minimum atomic E-state index is -1.06. The van der Waals surface area contributed by atoms with Crippen LogP contribution >= 0.6 is 11.5 Å². The lowest BCUT2D eigenvalue weighted by molar-refractivity contribution is -0.112. The molecule has 1 radical (unpaired) electrons. The lowest BCUT2D eigenvalue weighted by atomic mass is 10.3. The van der Waals surface area contributed by atoms with Crippen LogP contribution < -0.4 is 11.1 Å². The Morgan fingerprint density at radius 3 is 3.00 bits per heavy atom. The second-order valence-electron chi connectivity index (χ2n) is 2.14. The van der Waals surface area contributed by atoms with Crippen molar-refractivity contribution in [1.29, 1.82) is 0 Å². The van der Waals surface area contributed by atoms with Crippen molar-refractivity contribution in [3.63, 3.8) is 0 Å². The summed E-state index contributed by atoms with van der Waals surface area (Å²) in [4.78, 5) is 29.0. The van der Waals surface area contributed by atoms with Gasteiger partial charge in [-0.15, -0.1) is 0 Å². The molecule has 8 nitrogen and oxygen atoms in total. The van der Waals surface area contributed by atoms with Crippen LogP contribution in [0.25, 0.3) is 0 Å². The highest BCUT2D eigenvalue weighted by atomic mass is 32.1. The maximum Gasteiger partial charge on any atom is 0.295 e. The Morgan fingerprint density at radius 2 is 2.47 bits per heavy atom. The van der Waals surface area contributed by atoms with Crippen LogP contribution in [0.3, 0.4) is 0 Å². The monoisotopic (exact) mass is 228 g/mol. The fraction of sp³-hybridized carbons (Fsp3) is 0.167. The van der Waals surface area contributed by atoms with Crippen LogP contribution in [0, 0.1) is 0 Å². The van der Waals surface area contributed by atoms with Gasteiger partial charge in [-0.3, -0.25) is 15.3 Å². The van der Waals surface area contributed by atoms with E-state index in [9.17, 15) is 9.59 Å². The van der Waals surface area contributed by atoms with Gasteiger partial charge in [-0.25, -0.2) is 0 Å². The van der Waals surface area contributed by atoms with Crippen LogP contribution in [-0.4, -0.2) is 34.5 Å². The Hall–Kier alpha value is -2.03. The quantitative estimate of drug-likeness (QED) is 0.405. The van der Waals surface area contributed by atoms with Crippen molar-refractivity contribution in [3.8, 4) is 0 Å². The molecule has 1 rings (SSSR count). The third-order valence-electron chi connectivity index (χ3n) is 1.22. The molecule has 0 aromatic carbocycles. The average molecular weight is 228 g/mol. The number of nitrogens with one attached hydrogen (secondary N) is 2. The van der Waals surface area contributed by atoms with Crippen molar-refractivity contribution in [2.45, 2.75) is 0 Å². The molecule has 0 atom stereocenters. The number of oxime groups is 1. The summed E-state index contributed by atoms with van der Waals surface area (Å²) in [6.07, 6.45) is 0.431. The van der Waals surface area contributed by atoms with Gasteiger partial charge in [-0.2, -0.15) is 9.36 Å². The van der Waals surface area contributed by atoms with Gasteiger partial charge in [-0.1, -0.05) is 5.16 Å². The molecule has 0 aliphatic rings. The third-order valence-corrected chi connectivity index (χ3v) is 1.86. The topological polar surface area (TPSA) is 117 Å². The van der Waals surface area contributed by atoms with Crippen molar-refractivity contribution in [2.24, 2.45) is 5.16 Å². The maximum absolute atomic E-state index is 10.8. The first kappa shape index (κ1) is 11.0. The fourth-order valence-electron chi connectivity index (χ4n) is 0.704. The first-order valence-electron chi connectivity index (χ1n) is 3.60. The number of rotatable bonds is 5. The molecule has 0 bridgehead atoms. The summed E-state index contributed by atoms with van der Waals surface area (Å²) >= 11 is 0.870. The van der Waals surface area contributed by atoms with Gasteiger partial charge in [0.2, 0.25) is 23.1 Å². The van der Waals surface area contributed by atoms with E-state index in [0.29, 0.717) is 6.41 Å².